The van der Waals surface area contributed by atoms with Crippen LogP contribution in [0.25, 0.3) is 0 Å². The van der Waals surface area contributed by atoms with Gasteiger partial charge in [0, 0.05) is 11.1 Å². The summed E-state index contributed by atoms with van der Waals surface area (Å²) in [6.45, 7) is 2.16. The van der Waals surface area contributed by atoms with Gasteiger partial charge in [0.15, 0.2) is 0 Å². The molecule has 0 aliphatic heterocycles. The minimum Gasteiger partial charge on any atom is -0.496 e. The molecule has 1 N–H and O–H groups in total. The molecule has 0 aliphatic carbocycles. The van der Waals surface area contributed by atoms with Crippen LogP contribution in [0.5, 0.6) is 17.2 Å². The molecule has 0 bridgehead atoms. The summed E-state index contributed by atoms with van der Waals surface area (Å²) in [6, 6.07) is 18.0. The highest BCUT2D eigenvalue weighted by Crippen LogP contribution is 2.28. The Morgan fingerprint density at radius 1 is 0.931 bits per heavy atom. The van der Waals surface area contributed by atoms with Gasteiger partial charge in [0.1, 0.15) is 23.9 Å². The standard InChI is InChI=1S/C23H22ClNO4/c1-15-8-10-22(28-3)19(12-15)25-23(26)16-9-11-20(27-2)17(13-16)14-29-21-7-5-4-6-18(21)24/h4-13H,14H2,1-3H3,(H,25,26). The normalized spacial score (nSPS) is 10.3. The fraction of sp³-hybridized carbons (Fsp3) is 0.174. The number of ether oxygens (including phenoxy) is 3. The molecule has 0 aliphatic rings. The summed E-state index contributed by atoms with van der Waals surface area (Å²) in [6.07, 6.45) is 0. The van der Waals surface area contributed by atoms with Crippen LogP contribution >= 0.6 is 11.6 Å². The van der Waals surface area contributed by atoms with E-state index in [0.29, 0.717) is 33.5 Å². The first-order chi connectivity index (χ1) is 14.0. The van der Waals surface area contributed by atoms with Crippen LogP contribution in [0.2, 0.25) is 5.02 Å². The molecule has 0 aromatic heterocycles. The quantitative estimate of drug-likeness (QED) is 0.558. The molecule has 3 rings (SSSR count). The van der Waals surface area contributed by atoms with Crippen LogP contribution in [-0.4, -0.2) is 20.1 Å². The van der Waals surface area contributed by atoms with E-state index in [4.69, 9.17) is 25.8 Å². The predicted octanol–water partition coefficient (Wildman–Crippen LogP) is 5.50. The van der Waals surface area contributed by atoms with Gasteiger partial charge in [-0.1, -0.05) is 29.8 Å². The molecule has 6 heteroatoms. The molecule has 3 aromatic carbocycles. The number of nitrogens with one attached hydrogen (secondary N) is 1. The third-order valence-electron chi connectivity index (χ3n) is 4.37. The zero-order chi connectivity index (χ0) is 20.8. The molecular formula is C23H22ClNO4. The van der Waals surface area contributed by atoms with Crippen molar-refractivity contribution in [2.75, 3.05) is 19.5 Å². The average Bonchev–Trinajstić information content (AvgIpc) is 2.73. The van der Waals surface area contributed by atoms with E-state index in [2.05, 4.69) is 5.32 Å². The van der Waals surface area contributed by atoms with Gasteiger partial charge in [-0.2, -0.15) is 0 Å². The highest BCUT2D eigenvalue weighted by atomic mass is 35.5. The van der Waals surface area contributed by atoms with Gasteiger partial charge in [-0.3, -0.25) is 4.79 Å². The monoisotopic (exact) mass is 411 g/mol. The first kappa shape index (κ1) is 20.6. The maximum atomic E-state index is 12.8. The molecule has 0 radical (unpaired) electrons. The van der Waals surface area contributed by atoms with Crippen LogP contribution in [0.15, 0.2) is 60.7 Å². The summed E-state index contributed by atoms with van der Waals surface area (Å²) in [7, 11) is 3.14. The number of methoxy groups -OCH3 is 2. The fourth-order valence-electron chi connectivity index (χ4n) is 2.86. The Kier molecular flexibility index (Phi) is 6.62. The van der Waals surface area contributed by atoms with E-state index in [1.165, 1.54) is 0 Å². The van der Waals surface area contributed by atoms with Crippen molar-refractivity contribution in [2.45, 2.75) is 13.5 Å². The van der Waals surface area contributed by atoms with Crippen molar-refractivity contribution in [3.63, 3.8) is 0 Å². The van der Waals surface area contributed by atoms with Crippen LogP contribution in [0, 0.1) is 6.92 Å². The maximum Gasteiger partial charge on any atom is 0.255 e. The number of hydrogen-bond acceptors (Lipinski definition) is 4. The molecule has 0 spiro atoms. The first-order valence-corrected chi connectivity index (χ1v) is 9.40. The molecule has 0 atom stereocenters. The van der Waals surface area contributed by atoms with Crippen molar-refractivity contribution in [1.29, 1.82) is 0 Å². The van der Waals surface area contributed by atoms with Gasteiger partial charge in [0.25, 0.3) is 5.91 Å². The Balaban J connectivity index is 1.81. The van der Waals surface area contributed by atoms with Crippen LogP contribution in [0.3, 0.4) is 0 Å². The van der Waals surface area contributed by atoms with Crippen LogP contribution < -0.4 is 19.5 Å². The largest absolute Gasteiger partial charge is 0.496 e. The Hall–Kier alpha value is -3.18. The molecule has 0 saturated heterocycles. The number of hydrogen-bond donors (Lipinski definition) is 1. The lowest BCUT2D eigenvalue weighted by atomic mass is 10.1. The highest BCUT2D eigenvalue weighted by Gasteiger charge is 2.14. The molecule has 0 heterocycles. The van der Waals surface area contributed by atoms with E-state index in [9.17, 15) is 4.79 Å². The second-order valence-corrected chi connectivity index (χ2v) is 6.81. The SMILES string of the molecule is COc1ccc(C(=O)Nc2cc(C)ccc2OC)cc1COc1ccccc1Cl. The third-order valence-corrected chi connectivity index (χ3v) is 4.68. The lowest BCUT2D eigenvalue weighted by molar-refractivity contribution is 0.102. The topological polar surface area (TPSA) is 56.8 Å². The van der Waals surface area contributed by atoms with E-state index in [-0.39, 0.29) is 12.5 Å². The number of benzene rings is 3. The van der Waals surface area contributed by atoms with E-state index >= 15 is 0 Å². The van der Waals surface area contributed by atoms with Gasteiger partial charge in [0.05, 0.1) is 24.9 Å². The summed E-state index contributed by atoms with van der Waals surface area (Å²) in [5.74, 6) is 1.53. The summed E-state index contributed by atoms with van der Waals surface area (Å²) in [5, 5.41) is 3.42. The number of para-hydroxylation sites is 1. The first-order valence-electron chi connectivity index (χ1n) is 9.02. The van der Waals surface area contributed by atoms with Crippen LogP contribution in [0.1, 0.15) is 21.5 Å². The number of rotatable bonds is 7. The zero-order valence-electron chi connectivity index (χ0n) is 16.5. The second kappa shape index (κ2) is 9.34. The molecule has 1 amide bonds. The average molecular weight is 412 g/mol. The van der Waals surface area contributed by atoms with Crippen molar-refractivity contribution < 1.29 is 19.0 Å². The van der Waals surface area contributed by atoms with E-state index in [1.807, 2.05) is 37.3 Å². The summed E-state index contributed by atoms with van der Waals surface area (Å²) < 4.78 is 16.5. The molecule has 0 saturated carbocycles. The Morgan fingerprint density at radius 3 is 2.38 bits per heavy atom. The lowest BCUT2D eigenvalue weighted by Gasteiger charge is -2.14. The van der Waals surface area contributed by atoms with Gasteiger partial charge in [-0.25, -0.2) is 0 Å². The second-order valence-electron chi connectivity index (χ2n) is 6.40. The molecule has 29 heavy (non-hydrogen) atoms. The van der Waals surface area contributed by atoms with Gasteiger partial charge in [0.2, 0.25) is 0 Å². The Bertz CT molecular complexity index is 1020. The number of carbonyl (C=O) groups excluding carboxylic acids is 1. The minimum atomic E-state index is -0.254. The van der Waals surface area contributed by atoms with Crippen molar-refractivity contribution >= 4 is 23.2 Å². The van der Waals surface area contributed by atoms with Crippen molar-refractivity contribution in [2.24, 2.45) is 0 Å². The number of amides is 1. The predicted molar refractivity (Wildman–Crippen MR) is 114 cm³/mol. The van der Waals surface area contributed by atoms with E-state index in [0.717, 1.165) is 11.1 Å². The number of carbonyl (C=O) groups is 1. The summed E-state index contributed by atoms with van der Waals surface area (Å²) >= 11 is 6.15. The fourth-order valence-corrected chi connectivity index (χ4v) is 3.05. The molecule has 3 aromatic rings. The number of halogens is 1. The maximum absolute atomic E-state index is 12.8. The zero-order valence-corrected chi connectivity index (χ0v) is 17.2. The van der Waals surface area contributed by atoms with E-state index in [1.54, 1.807) is 44.6 Å². The van der Waals surface area contributed by atoms with E-state index < -0.39 is 0 Å². The summed E-state index contributed by atoms with van der Waals surface area (Å²) in [4.78, 5) is 12.8. The van der Waals surface area contributed by atoms with Gasteiger partial charge in [-0.15, -0.1) is 0 Å². The Labute approximate surface area is 175 Å². The minimum absolute atomic E-state index is 0.210. The van der Waals surface area contributed by atoms with Crippen molar-refractivity contribution in [1.82, 2.24) is 0 Å². The Morgan fingerprint density at radius 2 is 1.66 bits per heavy atom. The van der Waals surface area contributed by atoms with Crippen molar-refractivity contribution in [3.05, 3.63) is 82.4 Å². The summed E-state index contributed by atoms with van der Waals surface area (Å²) in [5.41, 5.74) is 2.84. The molecule has 5 nitrogen and oxygen atoms in total. The number of anilines is 1. The van der Waals surface area contributed by atoms with Gasteiger partial charge >= 0.3 is 0 Å². The molecule has 0 unspecified atom stereocenters. The third kappa shape index (κ3) is 5.00. The lowest BCUT2D eigenvalue weighted by Crippen LogP contribution is -2.13. The van der Waals surface area contributed by atoms with Crippen LogP contribution in [-0.2, 0) is 6.61 Å². The molecule has 150 valence electrons. The van der Waals surface area contributed by atoms with Crippen molar-refractivity contribution in [3.8, 4) is 17.2 Å². The smallest absolute Gasteiger partial charge is 0.255 e. The highest BCUT2D eigenvalue weighted by molar-refractivity contribution is 6.32. The van der Waals surface area contributed by atoms with Crippen LogP contribution in [0.4, 0.5) is 5.69 Å². The van der Waals surface area contributed by atoms with Gasteiger partial charge in [-0.05, 0) is 55.0 Å². The molecule has 0 fully saturated rings. The van der Waals surface area contributed by atoms with Gasteiger partial charge < -0.3 is 19.5 Å². The number of aryl methyl sites for hydroxylation is 1. The molecular weight excluding hydrogens is 390 g/mol.